The van der Waals surface area contributed by atoms with Gasteiger partial charge in [0.2, 0.25) is 5.91 Å². The van der Waals surface area contributed by atoms with E-state index < -0.39 is 30.5 Å². The Morgan fingerprint density at radius 3 is 2.66 bits per heavy atom. The van der Waals surface area contributed by atoms with Gasteiger partial charge in [-0.25, -0.2) is 9.37 Å². The number of nitrogens with zero attached hydrogens (tertiary/aromatic N) is 2. The van der Waals surface area contributed by atoms with Crippen LogP contribution < -0.4 is 10.6 Å². The van der Waals surface area contributed by atoms with Crippen LogP contribution in [-0.4, -0.2) is 39.6 Å². The molecule has 0 bridgehead atoms. The molecule has 3 N–H and O–H groups in total. The highest BCUT2D eigenvalue weighted by molar-refractivity contribution is 5.94. The first kappa shape index (κ1) is 20.6. The van der Waals surface area contributed by atoms with E-state index in [-0.39, 0.29) is 5.92 Å². The number of halogens is 4. The van der Waals surface area contributed by atoms with E-state index in [1.807, 2.05) is 5.32 Å². The topological polar surface area (TPSA) is 82.7 Å². The Bertz CT molecular complexity index is 1020. The highest BCUT2D eigenvalue weighted by Gasteiger charge is 2.30. The van der Waals surface area contributed by atoms with Crippen molar-refractivity contribution in [1.29, 1.82) is 0 Å². The Balaban J connectivity index is 1.84. The first-order valence-corrected chi connectivity index (χ1v) is 8.83. The summed E-state index contributed by atoms with van der Waals surface area (Å²) in [6.45, 7) is 2.04. The number of H-pyrrole nitrogens is 1. The fraction of sp³-hybridized carbons (Fsp3) is 0.316. The van der Waals surface area contributed by atoms with Crippen molar-refractivity contribution < 1.29 is 22.4 Å². The Morgan fingerprint density at radius 2 is 1.97 bits per heavy atom. The molecule has 0 aliphatic heterocycles. The molecular weight excluding hydrogens is 390 g/mol. The maximum atomic E-state index is 13.6. The molecule has 0 aliphatic carbocycles. The van der Waals surface area contributed by atoms with Crippen LogP contribution in [0.15, 0.2) is 36.9 Å². The third-order valence-electron chi connectivity index (χ3n) is 4.28. The summed E-state index contributed by atoms with van der Waals surface area (Å²) in [7, 11) is 0. The van der Waals surface area contributed by atoms with Gasteiger partial charge in [-0.3, -0.25) is 9.78 Å². The lowest BCUT2D eigenvalue weighted by atomic mass is 10.0. The van der Waals surface area contributed by atoms with Crippen LogP contribution in [0.2, 0.25) is 0 Å². The summed E-state index contributed by atoms with van der Waals surface area (Å²) in [5.41, 5.74) is 2.24. The quantitative estimate of drug-likeness (QED) is 0.540. The minimum absolute atomic E-state index is 0.279. The third kappa shape index (κ3) is 5.01. The molecule has 6 nitrogen and oxygen atoms in total. The molecule has 0 fully saturated rings. The number of fused-ring (bicyclic) bond motifs is 1. The number of aromatic amines is 1. The highest BCUT2D eigenvalue weighted by atomic mass is 19.4. The number of anilines is 1. The van der Waals surface area contributed by atoms with Crippen LogP contribution in [0.1, 0.15) is 13.8 Å². The van der Waals surface area contributed by atoms with E-state index in [0.29, 0.717) is 27.8 Å². The molecule has 0 aromatic carbocycles. The fourth-order valence-corrected chi connectivity index (χ4v) is 2.89. The van der Waals surface area contributed by atoms with Gasteiger partial charge in [0.15, 0.2) is 0 Å². The molecule has 1 atom stereocenters. The van der Waals surface area contributed by atoms with E-state index in [1.165, 1.54) is 12.3 Å². The van der Waals surface area contributed by atoms with Crippen molar-refractivity contribution in [3.8, 4) is 11.1 Å². The minimum Gasteiger partial charge on any atom is -0.372 e. The summed E-state index contributed by atoms with van der Waals surface area (Å²) >= 11 is 0. The van der Waals surface area contributed by atoms with Gasteiger partial charge in [-0.15, -0.1) is 0 Å². The van der Waals surface area contributed by atoms with E-state index in [2.05, 4.69) is 20.3 Å². The van der Waals surface area contributed by atoms with E-state index in [1.54, 1.807) is 32.3 Å². The first-order chi connectivity index (χ1) is 13.6. The lowest BCUT2D eigenvalue weighted by Crippen LogP contribution is -2.46. The van der Waals surface area contributed by atoms with Crippen molar-refractivity contribution in [2.24, 2.45) is 5.92 Å². The molecule has 0 aliphatic rings. The molecular formula is C19H19F4N5O. The molecule has 29 heavy (non-hydrogen) atoms. The third-order valence-corrected chi connectivity index (χ3v) is 4.28. The highest BCUT2D eigenvalue weighted by Crippen LogP contribution is 2.29. The smallest absolute Gasteiger partial charge is 0.372 e. The number of aromatic nitrogens is 3. The van der Waals surface area contributed by atoms with E-state index in [4.69, 9.17) is 0 Å². The average molecular weight is 409 g/mol. The predicted octanol–water partition coefficient (Wildman–Crippen LogP) is 3.88. The Hall–Kier alpha value is -3.17. The van der Waals surface area contributed by atoms with Crippen molar-refractivity contribution in [1.82, 2.24) is 20.3 Å². The normalized spacial score (nSPS) is 12.9. The summed E-state index contributed by atoms with van der Waals surface area (Å²) in [6, 6.07) is 2.14. The number of hydrogen-bond acceptors (Lipinski definition) is 4. The SMILES string of the molecule is CC(C)C(Nc1cncc(-c2c[nH]c3ncc(F)cc23)c1)C(=O)NCC(F)(F)F. The van der Waals surface area contributed by atoms with Gasteiger partial charge in [0.25, 0.3) is 0 Å². The molecule has 0 spiro atoms. The molecule has 1 amide bonds. The van der Waals surface area contributed by atoms with Crippen molar-refractivity contribution in [3.05, 3.63) is 42.7 Å². The number of rotatable bonds is 6. The van der Waals surface area contributed by atoms with Crippen LogP contribution in [0, 0.1) is 11.7 Å². The maximum absolute atomic E-state index is 13.6. The molecule has 3 aromatic rings. The minimum atomic E-state index is -4.49. The molecule has 10 heteroatoms. The molecule has 0 saturated carbocycles. The molecule has 3 rings (SSSR count). The van der Waals surface area contributed by atoms with Crippen molar-refractivity contribution >= 4 is 22.6 Å². The summed E-state index contributed by atoms with van der Waals surface area (Å²) in [4.78, 5) is 23.3. The summed E-state index contributed by atoms with van der Waals surface area (Å²) in [6.07, 6.45) is 1.30. The second-order valence-corrected chi connectivity index (χ2v) is 6.91. The standard InChI is InChI=1S/C19H19F4N5O/c1-10(2)16(18(29)27-9-19(21,22)23)28-13-3-11(5-24-7-13)15-8-26-17-14(15)4-12(20)6-25-17/h3-8,10,16,28H,9H2,1-2H3,(H,25,26)(H,27,29). The van der Waals surface area contributed by atoms with Crippen molar-refractivity contribution in [2.75, 3.05) is 11.9 Å². The van der Waals surface area contributed by atoms with Gasteiger partial charge in [0.1, 0.15) is 24.1 Å². The summed E-state index contributed by atoms with van der Waals surface area (Å²) in [5, 5.41) is 5.39. The Labute approximate surface area is 163 Å². The van der Waals surface area contributed by atoms with E-state index in [0.717, 1.165) is 6.20 Å². The van der Waals surface area contributed by atoms with Gasteiger partial charge in [-0.1, -0.05) is 13.8 Å². The largest absolute Gasteiger partial charge is 0.405 e. The summed E-state index contributed by atoms with van der Waals surface area (Å²) < 4.78 is 50.7. The van der Waals surface area contributed by atoms with Gasteiger partial charge >= 0.3 is 6.18 Å². The maximum Gasteiger partial charge on any atom is 0.405 e. The van der Waals surface area contributed by atoms with Gasteiger partial charge in [-0.2, -0.15) is 13.2 Å². The van der Waals surface area contributed by atoms with Crippen LogP contribution in [-0.2, 0) is 4.79 Å². The van der Waals surface area contributed by atoms with E-state index in [9.17, 15) is 22.4 Å². The van der Waals surface area contributed by atoms with Gasteiger partial charge < -0.3 is 15.6 Å². The second kappa shape index (κ2) is 8.06. The zero-order valence-electron chi connectivity index (χ0n) is 15.6. The van der Waals surface area contributed by atoms with Crippen LogP contribution in [0.5, 0.6) is 0 Å². The molecule has 1 unspecified atom stereocenters. The zero-order valence-corrected chi connectivity index (χ0v) is 15.6. The number of hydrogen-bond donors (Lipinski definition) is 3. The Morgan fingerprint density at radius 1 is 1.21 bits per heavy atom. The lowest BCUT2D eigenvalue weighted by molar-refractivity contribution is -0.139. The van der Waals surface area contributed by atoms with Crippen LogP contribution in [0.3, 0.4) is 0 Å². The van der Waals surface area contributed by atoms with Gasteiger partial charge in [0, 0.05) is 35.1 Å². The van der Waals surface area contributed by atoms with E-state index >= 15 is 0 Å². The predicted molar refractivity (Wildman–Crippen MR) is 101 cm³/mol. The number of amides is 1. The molecule has 3 aromatic heterocycles. The molecule has 154 valence electrons. The monoisotopic (exact) mass is 409 g/mol. The van der Waals surface area contributed by atoms with Crippen molar-refractivity contribution in [2.45, 2.75) is 26.1 Å². The average Bonchev–Trinajstić information content (AvgIpc) is 3.06. The number of pyridine rings is 2. The second-order valence-electron chi connectivity index (χ2n) is 6.91. The molecule has 0 radical (unpaired) electrons. The lowest BCUT2D eigenvalue weighted by Gasteiger charge is -2.23. The first-order valence-electron chi connectivity index (χ1n) is 8.83. The molecule has 3 heterocycles. The summed E-state index contributed by atoms with van der Waals surface area (Å²) in [5.74, 6) is -1.53. The van der Waals surface area contributed by atoms with Gasteiger partial charge in [-0.05, 0) is 18.1 Å². The van der Waals surface area contributed by atoms with Gasteiger partial charge in [0.05, 0.1) is 11.9 Å². The van der Waals surface area contributed by atoms with Crippen LogP contribution in [0.4, 0.5) is 23.2 Å². The fourth-order valence-electron chi connectivity index (χ4n) is 2.89. The molecule has 0 saturated heterocycles. The zero-order chi connectivity index (χ0) is 21.2. The number of nitrogens with one attached hydrogen (secondary N) is 3. The van der Waals surface area contributed by atoms with Crippen LogP contribution in [0.25, 0.3) is 22.2 Å². The number of carbonyl (C=O) groups excluding carboxylic acids is 1. The Kier molecular flexibility index (Phi) is 5.71. The number of alkyl halides is 3. The van der Waals surface area contributed by atoms with Crippen molar-refractivity contribution in [3.63, 3.8) is 0 Å². The van der Waals surface area contributed by atoms with Crippen LogP contribution >= 0.6 is 0 Å². The number of carbonyl (C=O) groups is 1.